The van der Waals surface area contributed by atoms with Gasteiger partial charge in [0.25, 0.3) is 0 Å². The van der Waals surface area contributed by atoms with Crippen LogP contribution >= 0.6 is 11.8 Å². The van der Waals surface area contributed by atoms with Crippen molar-refractivity contribution in [3.63, 3.8) is 0 Å². The molecular formula is C10H9F2NO3S. The van der Waals surface area contributed by atoms with E-state index in [0.717, 1.165) is 0 Å². The number of halogens is 2. The van der Waals surface area contributed by atoms with Crippen molar-refractivity contribution in [2.24, 2.45) is 0 Å². The molecule has 0 radical (unpaired) electrons. The number of rotatable bonds is 5. The van der Waals surface area contributed by atoms with Gasteiger partial charge in [-0.15, -0.1) is 0 Å². The number of nitro groups is 1. The van der Waals surface area contributed by atoms with Crippen molar-refractivity contribution in [2.45, 2.75) is 6.42 Å². The Labute approximate surface area is 100 Å². The third kappa shape index (κ3) is 3.23. The first-order valence-electron chi connectivity index (χ1n) is 4.63. The molecule has 0 saturated carbocycles. The van der Waals surface area contributed by atoms with Gasteiger partial charge in [0.1, 0.15) is 5.82 Å². The van der Waals surface area contributed by atoms with E-state index in [0.29, 0.717) is 17.9 Å². The first kappa shape index (κ1) is 13.6. The van der Waals surface area contributed by atoms with E-state index in [1.807, 2.05) is 0 Å². The van der Waals surface area contributed by atoms with Gasteiger partial charge in [-0.05, 0) is 12.3 Å². The Kier molecular flexibility index (Phi) is 4.56. The molecule has 0 aliphatic rings. The highest BCUT2D eigenvalue weighted by Gasteiger charge is 2.23. The molecule has 1 aromatic carbocycles. The van der Waals surface area contributed by atoms with E-state index in [1.165, 1.54) is 11.8 Å². The zero-order valence-corrected chi connectivity index (χ0v) is 9.72. The van der Waals surface area contributed by atoms with Gasteiger partial charge in [0, 0.05) is 12.2 Å². The van der Waals surface area contributed by atoms with Crippen LogP contribution in [-0.2, 0) is 0 Å². The summed E-state index contributed by atoms with van der Waals surface area (Å²) >= 11 is 1.37. The zero-order chi connectivity index (χ0) is 13.0. The van der Waals surface area contributed by atoms with Gasteiger partial charge in [0.15, 0.2) is 5.78 Å². The number of benzene rings is 1. The van der Waals surface area contributed by atoms with Gasteiger partial charge in [-0.2, -0.15) is 16.2 Å². The van der Waals surface area contributed by atoms with Crippen LogP contribution in [0.5, 0.6) is 0 Å². The van der Waals surface area contributed by atoms with Gasteiger partial charge in [-0.3, -0.25) is 14.9 Å². The van der Waals surface area contributed by atoms with E-state index in [1.54, 1.807) is 6.26 Å². The number of carbonyl (C=O) groups excluding carboxylic acids is 1. The number of ketones is 1. The standard InChI is InChI=1S/C10H9F2NO3S/c1-17-3-2-9(14)7-4-6(11)5-8(10(7)12)13(15)16/h4-5H,2-3H2,1H3. The molecule has 92 valence electrons. The van der Waals surface area contributed by atoms with Crippen LogP contribution in [0, 0.1) is 21.7 Å². The largest absolute Gasteiger partial charge is 0.308 e. The molecule has 0 N–H and O–H groups in total. The summed E-state index contributed by atoms with van der Waals surface area (Å²) < 4.78 is 26.6. The number of nitro benzene ring substituents is 1. The Morgan fingerprint density at radius 3 is 2.65 bits per heavy atom. The van der Waals surface area contributed by atoms with Crippen LogP contribution in [0.1, 0.15) is 16.8 Å². The van der Waals surface area contributed by atoms with Gasteiger partial charge >= 0.3 is 5.69 Å². The minimum absolute atomic E-state index is 0.0126. The molecule has 0 saturated heterocycles. The summed E-state index contributed by atoms with van der Waals surface area (Å²) in [5, 5.41) is 10.4. The van der Waals surface area contributed by atoms with Crippen LogP contribution < -0.4 is 0 Å². The maximum Gasteiger partial charge on any atom is 0.308 e. The molecule has 0 amide bonds. The molecule has 0 unspecified atom stereocenters. The lowest BCUT2D eigenvalue weighted by Gasteiger charge is -2.03. The summed E-state index contributed by atoms with van der Waals surface area (Å²) in [5.74, 6) is -2.46. The molecule has 0 fully saturated rings. The maximum absolute atomic E-state index is 13.5. The van der Waals surface area contributed by atoms with E-state index in [4.69, 9.17) is 0 Å². The fourth-order valence-electron chi connectivity index (χ4n) is 1.24. The number of thioether (sulfide) groups is 1. The van der Waals surface area contributed by atoms with Crippen molar-refractivity contribution in [3.05, 3.63) is 39.4 Å². The highest BCUT2D eigenvalue weighted by atomic mass is 32.2. The van der Waals surface area contributed by atoms with Gasteiger partial charge in [-0.25, -0.2) is 4.39 Å². The second-order valence-corrected chi connectivity index (χ2v) is 4.20. The molecular weight excluding hydrogens is 252 g/mol. The van der Waals surface area contributed by atoms with Crippen LogP contribution in [0.3, 0.4) is 0 Å². The number of hydrogen-bond donors (Lipinski definition) is 0. The Balaban J connectivity index is 3.15. The predicted octanol–water partition coefficient (Wildman–Crippen LogP) is 2.81. The van der Waals surface area contributed by atoms with Crippen molar-refractivity contribution in [1.29, 1.82) is 0 Å². The van der Waals surface area contributed by atoms with Crippen molar-refractivity contribution in [1.82, 2.24) is 0 Å². The summed E-state index contributed by atoms with van der Waals surface area (Å²) in [6.07, 6.45) is 1.77. The van der Waals surface area contributed by atoms with Gasteiger partial charge in [-0.1, -0.05) is 0 Å². The van der Waals surface area contributed by atoms with Crippen molar-refractivity contribution in [3.8, 4) is 0 Å². The van der Waals surface area contributed by atoms with Crippen LogP contribution in [0.15, 0.2) is 12.1 Å². The molecule has 0 heterocycles. The minimum atomic E-state index is -1.28. The zero-order valence-electron chi connectivity index (χ0n) is 8.91. The maximum atomic E-state index is 13.5. The predicted molar refractivity (Wildman–Crippen MR) is 60.3 cm³/mol. The highest BCUT2D eigenvalue weighted by molar-refractivity contribution is 7.98. The molecule has 1 aromatic rings. The van der Waals surface area contributed by atoms with E-state index in [2.05, 4.69) is 0 Å². The first-order chi connectivity index (χ1) is 7.97. The summed E-state index contributed by atoms with van der Waals surface area (Å²) in [4.78, 5) is 20.9. The van der Waals surface area contributed by atoms with Crippen molar-refractivity contribution >= 4 is 23.2 Å². The Hall–Kier alpha value is -1.50. The highest BCUT2D eigenvalue weighted by Crippen LogP contribution is 2.23. The third-order valence-corrected chi connectivity index (χ3v) is 2.66. The fraction of sp³-hybridized carbons (Fsp3) is 0.300. The molecule has 0 aliphatic carbocycles. The Morgan fingerprint density at radius 2 is 2.12 bits per heavy atom. The van der Waals surface area contributed by atoms with Gasteiger partial charge in [0.2, 0.25) is 5.82 Å². The lowest BCUT2D eigenvalue weighted by Crippen LogP contribution is -2.07. The van der Waals surface area contributed by atoms with Crippen molar-refractivity contribution in [2.75, 3.05) is 12.0 Å². The Morgan fingerprint density at radius 1 is 1.47 bits per heavy atom. The quantitative estimate of drug-likeness (QED) is 0.464. The molecule has 0 atom stereocenters. The monoisotopic (exact) mass is 261 g/mol. The average Bonchev–Trinajstić information content (AvgIpc) is 2.28. The lowest BCUT2D eigenvalue weighted by atomic mass is 10.1. The molecule has 0 aliphatic heterocycles. The summed E-state index contributed by atoms with van der Waals surface area (Å²) in [6, 6.07) is 1.14. The Bertz CT molecular complexity index is 465. The molecule has 17 heavy (non-hydrogen) atoms. The van der Waals surface area contributed by atoms with Crippen LogP contribution in [0.4, 0.5) is 14.5 Å². The molecule has 0 aromatic heterocycles. The normalized spacial score (nSPS) is 10.3. The van der Waals surface area contributed by atoms with Gasteiger partial charge in [0.05, 0.1) is 16.6 Å². The summed E-state index contributed by atoms with van der Waals surface area (Å²) in [7, 11) is 0. The SMILES string of the molecule is CSCCC(=O)c1cc(F)cc([N+](=O)[O-])c1F. The molecule has 7 heteroatoms. The molecule has 4 nitrogen and oxygen atoms in total. The second-order valence-electron chi connectivity index (χ2n) is 3.21. The summed E-state index contributed by atoms with van der Waals surface area (Å²) in [5.41, 5.74) is -1.58. The second kappa shape index (κ2) is 5.72. The fourth-order valence-corrected chi connectivity index (χ4v) is 1.63. The molecule has 0 spiro atoms. The van der Waals surface area contributed by atoms with Crippen LogP contribution in [-0.4, -0.2) is 22.7 Å². The van der Waals surface area contributed by atoms with Gasteiger partial charge < -0.3 is 0 Å². The van der Waals surface area contributed by atoms with Crippen LogP contribution in [0.25, 0.3) is 0 Å². The summed E-state index contributed by atoms with van der Waals surface area (Å²) in [6.45, 7) is 0. The number of carbonyl (C=O) groups is 1. The average molecular weight is 261 g/mol. The van der Waals surface area contributed by atoms with Crippen LogP contribution in [0.2, 0.25) is 0 Å². The molecule has 0 bridgehead atoms. The minimum Gasteiger partial charge on any atom is -0.294 e. The first-order valence-corrected chi connectivity index (χ1v) is 6.02. The number of hydrogen-bond acceptors (Lipinski definition) is 4. The van der Waals surface area contributed by atoms with E-state index in [9.17, 15) is 23.7 Å². The number of Topliss-reactive ketones (excluding diaryl/α,β-unsaturated/α-hetero) is 1. The lowest BCUT2D eigenvalue weighted by molar-refractivity contribution is -0.387. The molecule has 1 rings (SSSR count). The topological polar surface area (TPSA) is 60.2 Å². The smallest absolute Gasteiger partial charge is 0.294 e. The van der Waals surface area contributed by atoms with Crippen molar-refractivity contribution < 1.29 is 18.5 Å². The number of nitrogens with zero attached hydrogens (tertiary/aromatic N) is 1. The van der Waals surface area contributed by atoms with E-state index < -0.39 is 33.6 Å². The van der Waals surface area contributed by atoms with E-state index in [-0.39, 0.29) is 6.42 Å². The third-order valence-electron chi connectivity index (χ3n) is 2.05. The van der Waals surface area contributed by atoms with E-state index >= 15 is 0 Å².